The summed E-state index contributed by atoms with van der Waals surface area (Å²) in [6.45, 7) is 6.26. The van der Waals surface area contributed by atoms with Gasteiger partial charge in [-0.25, -0.2) is 4.98 Å². The first-order valence-corrected chi connectivity index (χ1v) is 6.74. The molecule has 0 saturated heterocycles. The van der Waals surface area contributed by atoms with E-state index in [1.807, 2.05) is 42.5 Å². The minimum absolute atomic E-state index is 0.105. The molecule has 0 amide bonds. The van der Waals surface area contributed by atoms with Crippen molar-refractivity contribution in [2.45, 2.75) is 26.2 Å². The highest BCUT2D eigenvalue weighted by atomic mass is 16.3. The Labute approximate surface area is 118 Å². The van der Waals surface area contributed by atoms with Crippen molar-refractivity contribution in [1.82, 2.24) is 9.97 Å². The summed E-state index contributed by atoms with van der Waals surface area (Å²) >= 11 is 0. The van der Waals surface area contributed by atoms with Gasteiger partial charge in [-0.1, -0.05) is 45.0 Å². The molecule has 0 aliphatic heterocycles. The van der Waals surface area contributed by atoms with Crippen molar-refractivity contribution in [1.29, 1.82) is 0 Å². The topological polar surface area (TPSA) is 48.9 Å². The van der Waals surface area contributed by atoms with Gasteiger partial charge in [0.05, 0.1) is 16.6 Å². The molecule has 3 aromatic rings. The molecule has 3 nitrogen and oxygen atoms in total. The molecule has 0 saturated carbocycles. The molecular formula is C17H18N2O. The molecule has 1 aromatic heterocycles. The van der Waals surface area contributed by atoms with Crippen LogP contribution in [0.3, 0.4) is 0 Å². The van der Waals surface area contributed by atoms with Gasteiger partial charge < -0.3 is 10.1 Å². The Morgan fingerprint density at radius 2 is 1.75 bits per heavy atom. The van der Waals surface area contributed by atoms with Crippen LogP contribution in [0.4, 0.5) is 0 Å². The van der Waals surface area contributed by atoms with E-state index in [0.717, 1.165) is 22.2 Å². The van der Waals surface area contributed by atoms with Crippen molar-refractivity contribution in [3.63, 3.8) is 0 Å². The molecule has 0 aliphatic carbocycles. The highest BCUT2D eigenvalue weighted by Gasteiger charge is 2.21. The highest BCUT2D eigenvalue weighted by Crippen LogP contribution is 2.37. The lowest BCUT2D eigenvalue weighted by Gasteiger charge is -2.21. The van der Waals surface area contributed by atoms with Gasteiger partial charge >= 0.3 is 0 Å². The monoisotopic (exact) mass is 266 g/mol. The Hall–Kier alpha value is -2.29. The molecule has 3 heteroatoms. The fourth-order valence-electron chi connectivity index (χ4n) is 2.42. The van der Waals surface area contributed by atoms with E-state index in [-0.39, 0.29) is 5.41 Å². The largest absolute Gasteiger partial charge is 0.507 e. The summed E-state index contributed by atoms with van der Waals surface area (Å²) < 4.78 is 0. The standard InChI is InChI=1S/C17H18N2O/c1-17(2,3)12-8-6-7-11(15(12)20)16-18-13-9-4-5-10-14(13)19-16/h4-10,20H,1-3H3,(H,18,19). The number of rotatable bonds is 1. The van der Waals surface area contributed by atoms with Crippen LogP contribution < -0.4 is 0 Å². The number of benzene rings is 2. The van der Waals surface area contributed by atoms with Crippen LogP contribution in [-0.2, 0) is 5.41 Å². The van der Waals surface area contributed by atoms with Gasteiger partial charge in [-0.15, -0.1) is 0 Å². The molecule has 0 radical (unpaired) electrons. The van der Waals surface area contributed by atoms with Crippen molar-refractivity contribution in [2.75, 3.05) is 0 Å². The van der Waals surface area contributed by atoms with Gasteiger partial charge in [0, 0.05) is 0 Å². The number of phenolic OH excluding ortho intramolecular Hbond substituents is 1. The van der Waals surface area contributed by atoms with Crippen LogP contribution in [0.25, 0.3) is 22.4 Å². The van der Waals surface area contributed by atoms with E-state index in [0.29, 0.717) is 11.6 Å². The number of fused-ring (bicyclic) bond motifs is 1. The van der Waals surface area contributed by atoms with Crippen LogP contribution in [0.2, 0.25) is 0 Å². The SMILES string of the molecule is CC(C)(C)c1cccc(-c2nc3ccccc3[nH]2)c1O. The Kier molecular flexibility index (Phi) is 2.78. The van der Waals surface area contributed by atoms with E-state index in [2.05, 4.69) is 30.7 Å². The number of nitrogens with one attached hydrogen (secondary N) is 1. The Balaban J connectivity index is 2.19. The molecule has 0 fully saturated rings. The molecule has 0 bridgehead atoms. The van der Waals surface area contributed by atoms with Gasteiger partial charge in [0.15, 0.2) is 0 Å². The zero-order valence-electron chi connectivity index (χ0n) is 11.9. The molecule has 0 unspecified atom stereocenters. The average Bonchev–Trinajstić information content (AvgIpc) is 2.81. The van der Waals surface area contributed by atoms with E-state index in [1.54, 1.807) is 0 Å². The maximum absolute atomic E-state index is 10.5. The molecule has 0 spiro atoms. The fourth-order valence-corrected chi connectivity index (χ4v) is 2.42. The average molecular weight is 266 g/mol. The lowest BCUT2D eigenvalue weighted by Crippen LogP contribution is -2.11. The number of nitrogens with zero attached hydrogens (tertiary/aromatic N) is 1. The van der Waals surface area contributed by atoms with Crippen LogP contribution in [0.1, 0.15) is 26.3 Å². The third-order valence-electron chi connectivity index (χ3n) is 3.49. The summed E-state index contributed by atoms with van der Waals surface area (Å²) in [5.74, 6) is 1.01. The van der Waals surface area contributed by atoms with E-state index < -0.39 is 0 Å². The number of hydrogen-bond acceptors (Lipinski definition) is 2. The zero-order valence-corrected chi connectivity index (χ0v) is 11.9. The number of imidazole rings is 1. The minimum Gasteiger partial charge on any atom is -0.507 e. The van der Waals surface area contributed by atoms with Gasteiger partial charge in [-0.2, -0.15) is 0 Å². The number of hydrogen-bond donors (Lipinski definition) is 2. The van der Waals surface area contributed by atoms with E-state index in [9.17, 15) is 5.11 Å². The van der Waals surface area contributed by atoms with Crippen molar-refractivity contribution in [3.05, 3.63) is 48.0 Å². The van der Waals surface area contributed by atoms with Crippen LogP contribution >= 0.6 is 0 Å². The van der Waals surface area contributed by atoms with Gasteiger partial charge in [0.25, 0.3) is 0 Å². The quantitative estimate of drug-likeness (QED) is 0.692. The summed E-state index contributed by atoms with van der Waals surface area (Å²) in [4.78, 5) is 7.81. The molecule has 2 aromatic carbocycles. The number of aromatic nitrogens is 2. The first kappa shape index (κ1) is 12.7. The second kappa shape index (κ2) is 4.37. The highest BCUT2D eigenvalue weighted by molar-refractivity contribution is 5.81. The maximum atomic E-state index is 10.5. The number of H-pyrrole nitrogens is 1. The molecule has 102 valence electrons. The first-order valence-electron chi connectivity index (χ1n) is 6.74. The summed E-state index contributed by atoms with van der Waals surface area (Å²) in [5, 5.41) is 10.5. The number of phenols is 1. The van der Waals surface area contributed by atoms with Gasteiger partial charge in [0.1, 0.15) is 11.6 Å². The molecule has 3 rings (SSSR count). The van der Waals surface area contributed by atoms with Gasteiger partial charge in [0.2, 0.25) is 0 Å². The lowest BCUT2D eigenvalue weighted by atomic mass is 9.85. The normalized spacial score (nSPS) is 11.9. The summed E-state index contributed by atoms with van der Waals surface area (Å²) in [7, 11) is 0. The number of para-hydroxylation sites is 3. The molecule has 0 atom stereocenters. The number of aromatic hydroxyl groups is 1. The van der Waals surface area contributed by atoms with E-state index >= 15 is 0 Å². The zero-order chi connectivity index (χ0) is 14.3. The predicted molar refractivity (Wildman–Crippen MR) is 81.9 cm³/mol. The minimum atomic E-state index is -0.105. The molecule has 2 N–H and O–H groups in total. The smallest absolute Gasteiger partial charge is 0.142 e. The van der Waals surface area contributed by atoms with E-state index in [1.165, 1.54) is 0 Å². The summed E-state index contributed by atoms with van der Waals surface area (Å²) in [6, 6.07) is 13.7. The third kappa shape index (κ3) is 2.05. The van der Waals surface area contributed by atoms with Crippen LogP contribution in [0.5, 0.6) is 5.75 Å². The van der Waals surface area contributed by atoms with Crippen molar-refractivity contribution < 1.29 is 5.11 Å². The van der Waals surface area contributed by atoms with Crippen LogP contribution in [0, 0.1) is 0 Å². The van der Waals surface area contributed by atoms with Crippen LogP contribution in [0.15, 0.2) is 42.5 Å². The summed E-state index contributed by atoms with van der Waals surface area (Å²) in [6.07, 6.45) is 0. The van der Waals surface area contributed by atoms with Crippen molar-refractivity contribution >= 4 is 11.0 Å². The Morgan fingerprint density at radius 3 is 2.45 bits per heavy atom. The second-order valence-electron chi connectivity index (χ2n) is 6.05. The molecular weight excluding hydrogens is 248 g/mol. The maximum Gasteiger partial charge on any atom is 0.142 e. The van der Waals surface area contributed by atoms with Gasteiger partial charge in [-0.3, -0.25) is 0 Å². The molecule has 0 aliphatic rings. The molecule has 1 heterocycles. The first-order chi connectivity index (χ1) is 9.47. The number of aromatic amines is 1. The molecule has 20 heavy (non-hydrogen) atoms. The van der Waals surface area contributed by atoms with E-state index in [4.69, 9.17) is 0 Å². The Morgan fingerprint density at radius 1 is 1.00 bits per heavy atom. The van der Waals surface area contributed by atoms with Gasteiger partial charge in [-0.05, 0) is 29.2 Å². The Bertz CT molecular complexity index is 733. The lowest BCUT2D eigenvalue weighted by molar-refractivity contribution is 0.448. The predicted octanol–water partition coefficient (Wildman–Crippen LogP) is 4.23. The fraction of sp³-hybridized carbons (Fsp3) is 0.235. The second-order valence-corrected chi connectivity index (χ2v) is 6.05. The van der Waals surface area contributed by atoms with Crippen molar-refractivity contribution in [3.8, 4) is 17.1 Å². The summed E-state index contributed by atoms with van der Waals surface area (Å²) in [5.41, 5.74) is 3.45. The van der Waals surface area contributed by atoms with Crippen molar-refractivity contribution in [2.24, 2.45) is 0 Å². The third-order valence-corrected chi connectivity index (χ3v) is 3.49. The van der Waals surface area contributed by atoms with Crippen LogP contribution in [-0.4, -0.2) is 15.1 Å².